The lowest BCUT2D eigenvalue weighted by Gasteiger charge is -2.26. The second-order valence-corrected chi connectivity index (χ2v) is 15.2. The first-order valence-electron chi connectivity index (χ1n) is 17.3. The molecule has 9 aromatic rings. The molecule has 0 fully saturated rings. The van der Waals surface area contributed by atoms with Gasteiger partial charge < -0.3 is 9.67 Å². The zero-order chi connectivity index (χ0) is 36.6. The van der Waals surface area contributed by atoms with Gasteiger partial charge in [0.2, 0.25) is 0 Å². The van der Waals surface area contributed by atoms with Crippen molar-refractivity contribution in [2.75, 3.05) is 0 Å². The molecule has 0 saturated heterocycles. The number of rotatable bonds is 4. The van der Waals surface area contributed by atoms with Gasteiger partial charge in [0.15, 0.2) is 0 Å². The van der Waals surface area contributed by atoms with Crippen LogP contribution in [0.4, 0.5) is 13.2 Å². The fourth-order valence-corrected chi connectivity index (χ4v) is 8.89. The molecule has 260 valence electrons. The summed E-state index contributed by atoms with van der Waals surface area (Å²) in [5.41, 5.74) is 5.31. The molecule has 0 saturated carbocycles. The van der Waals surface area contributed by atoms with E-state index >= 15 is 13.2 Å². The second kappa shape index (κ2) is 12.0. The fourth-order valence-electron chi connectivity index (χ4n) is 7.64. The van der Waals surface area contributed by atoms with Crippen LogP contribution in [0.2, 0.25) is 0 Å². The molecule has 53 heavy (non-hydrogen) atoms. The first-order valence-corrected chi connectivity index (χ1v) is 18.1. The molecule has 0 atom stereocenters. The van der Waals surface area contributed by atoms with Crippen LogP contribution in [0.5, 0.6) is 5.75 Å². The molecule has 0 spiro atoms. The normalized spacial score (nSPS) is 12.4. The number of fused-ring (bicyclic) bond motifs is 6. The number of aromatic nitrogens is 3. The Morgan fingerprint density at radius 2 is 1.32 bits per heavy atom. The van der Waals surface area contributed by atoms with Gasteiger partial charge in [-0.15, -0.1) is 11.3 Å². The molecule has 0 aliphatic rings. The fraction of sp³-hybridized carbons (Fsp3) is 0.111. The van der Waals surface area contributed by atoms with Crippen molar-refractivity contribution in [3.8, 4) is 50.6 Å². The standard InChI is InChI=1S/C45H32F3N3OS/c1-44(2,3)51-39-30-19-8-7-16-28(30)25-33(27-17-13-18-29(24-27)34-22-11-12-23-49-34)38(39)50-43(51)37-40(52)32-21-10-9-20-31(32)36-35(26-14-5-4-6-15-26)42(45(46,47)48)53-41(36)37/h4-25,52H,1-3H3. The Labute approximate surface area is 307 Å². The highest BCUT2D eigenvalue weighted by Crippen LogP contribution is 2.55. The summed E-state index contributed by atoms with van der Waals surface area (Å²) in [7, 11) is 0. The summed E-state index contributed by atoms with van der Waals surface area (Å²) in [6, 6.07) is 40.0. The lowest BCUT2D eigenvalue weighted by atomic mass is 9.94. The van der Waals surface area contributed by atoms with E-state index in [-0.39, 0.29) is 16.9 Å². The van der Waals surface area contributed by atoms with Crippen molar-refractivity contribution in [2.45, 2.75) is 32.5 Å². The third-order valence-electron chi connectivity index (χ3n) is 9.82. The van der Waals surface area contributed by atoms with E-state index in [9.17, 15) is 5.11 Å². The van der Waals surface area contributed by atoms with Crippen LogP contribution in [-0.2, 0) is 11.7 Å². The van der Waals surface area contributed by atoms with E-state index in [1.807, 2.05) is 48.5 Å². The van der Waals surface area contributed by atoms with Gasteiger partial charge in [0.05, 0.1) is 27.0 Å². The molecule has 6 aromatic carbocycles. The largest absolute Gasteiger partial charge is 0.506 e. The number of phenolic OH excluding ortho intramolecular Hbond substituents is 1. The van der Waals surface area contributed by atoms with Gasteiger partial charge in [-0.2, -0.15) is 13.2 Å². The number of pyridine rings is 1. The van der Waals surface area contributed by atoms with Crippen molar-refractivity contribution < 1.29 is 18.3 Å². The zero-order valence-corrected chi connectivity index (χ0v) is 29.8. The Morgan fingerprint density at radius 3 is 2.04 bits per heavy atom. The number of imidazole rings is 1. The maximum Gasteiger partial charge on any atom is 0.426 e. The van der Waals surface area contributed by atoms with Gasteiger partial charge in [0.1, 0.15) is 16.5 Å². The summed E-state index contributed by atoms with van der Waals surface area (Å²) >= 11 is 0.664. The summed E-state index contributed by atoms with van der Waals surface area (Å²) in [4.78, 5) is 9.24. The summed E-state index contributed by atoms with van der Waals surface area (Å²) in [6.07, 6.45) is -2.88. The molecule has 0 amide bonds. The number of hydrogen-bond acceptors (Lipinski definition) is 4. The minimum absolute atomic E-state index is 0.103. The maximum atomic E-state index is 15.1. The van der Waals surface area contributed by atoms with Crippen molar-refractivity contribution in [2.24, 2.45) is 0 Å². The summed E-state index contributed by atoms with van der Waals surface area (Å²) in [5, 5.41) is 15.7. The van der Waals surface area contributed by atoms with Crippen molar-refractivity contribution >= 4 is 54.0 Å². The number of hydrogen-bond donors (Lipinski definition) is 1. The van der Waals surface area contributed by atoms with Crippen LogP contribution in [0.25, 0.3) is 87.6 Å². The predicted octanol–water partition coefficient (Wildman–Crippen LogP) is 13.1. The average molecular weight is 720 g/mol. The lowest BCUT2D eigenvalue weighted by Crippen LogP contribution is -2.22. The molecular formula is C45H32F3N3OS. The van der Waals surface area contributed by atoms with Gasteiger partial charge in [0, 0.05) is 44.6 Å². The topological polar surface area (TPSA) is 50.9 Å². The SMILES string of the molecule is CC(C)(C)n1c(-c2c(O)c3ccccc3c3c(-c4ccccc4)c(C(F)(F)F)sc23)nc2c(-c3cccc(-c4ccccn4)c3)cc3ccccc3c21. The molecule has 3 heterocycles. The van der Waals surface area contributed by atoms with Gasteiger partial charge >= 0.3 is 6.18 Å². The van der Waals surface area contributed by atoms with Gasteiger partial charge in [-0.1, -0.05) is 103 Å². The van der Waals surface area contributed by atoms with Crippen LogP contribution in [-0.4, -0.2) is 19.6 Å². The highest BCUT2D eigenvalue weighted by Gasteiger charge is 2.39. The van der Waals surface area contributed by atoms with Crippen molar-refractivity contribution in [3.63, 3.8) is 0 Å². The highest BCUT2D eigenvalue weighted by atomic mass is 32.1. The molecule has 8 heteroatoms. The van der Waals surface area contributed by atoms with Gasteiger partial charge in [-0.25, -0.2) is 4.98 Å². The van der Waals surface area contributed by atoms with Crippen LogP contribution in [0, 0.1) is 0 Å². The summed E-state index contributed by atoms with van der Waals surface area (Å²) in [5.74, 6) is 0.292. The van der Waals surface area contributed by atoms with Crippen LogP contribution >= 0.6 is 11.3 Å². The van der Waals surface area contributed by atoms with Crippen molar-refractivity contribution in [3.05, 3.63) is 138 Å². The van der Waals surface area contributed by atoms with E-state index < -0.39 is 16.6 Å². The first kappa shape index (κ1) is 32.9. The van der Waals surface area contributed by atoms with Gasteiger partial charge in [0.25, 0.3) is 0 Å². The molecule has 3 aromatic heterocycles. The zero-order valence-electron chi connectivity index (χ0n) is 29.0. The molecular weight excluding hydrogens is 688 g/mol. The summed E-state index contributed by atoms with van der Waals surface area (Å²) < 4.78 is 47.8. The monoisotopic (exact) mass is 719 g/mol. The lowest BCUT2D eigenvalue weighted by molar-refractivity contribution is -0.133. The number of thiophene rings is 1. The molecule has 0 radical (unpaired) electrons. The Bertz CT molecular complexity index is 2870. The van der Waals surface area contributed by atoms with E-state index in [2.05, 4.69) is 54.6 Å². The molecule has 4 nitrogen and oxygen atoms in total. The van der Waals surface area contributed by atoms with E-state index in [4.69, 9.17) is 4.98 Å². The first-order chi connectivity index (χ1) is 25.5. The third kappa shape index (κ3) is 5.27. The molecule has 0 bridgehead atoms. The smallest absolute Gasteiger partial charge is 0.426 e. The van der Waals surface area contributed by atoms with Crippen LogP contribution in [0.3, 0.4) is 0 Å². The molecule has 1 N–H and O–H groups in total. The van der Waals surface area contributed by atoms with Crippen molar-refractivity contribution in [1.82, 2.24) is 14.5 Å². The van der Waals surface area contributed by atoms with E-state index in [0.717, 1.165) is 38.7 Å². The number of phenols is 1. The molecule has 0 unspecified atom stereocenters. The predicted molar refractivity (Wildman–Crippen MR) is 211 cm³/mol. The minimum Gasteiger partial charge on any atom is -0.506 e. The summed E-state index contributed by atoms with van der Waals surface area (Å²) in [6.45, 7) is 6.17. The maximum absolute atomic E-state index is 15.1. The average Bonchev–Trinajstić information content (AvgIpc) is 3.77. The van der Waals surface area contributed by atoms with Gasteiger partial charge in [-0.05, 0) is 66.9 Å². The Kier molecular flexibility index (Phi) is 7.47. The number of benzene rings is 6. The quantitative estimate of drug-likeness (QED) is 0.197. The number of alkyl halides is 3. The number of halogens is 3. The number of aromatic hydroxyl groups is 1. The second-order valence-electron chi connectivity index (χ2n) is 14.2. The Hall–Kier alpha value is -5.99. The highest BCUT2D eigenvalue weighted by molar-refractivity contribution is 7.20. The Morgan fingerprint density at radius 1 is 0.660 bits per heavy atom. The van der Waals surface area contributed by atoms with Crippen LogP contribution in [0.15, 0.2) is 134 Å². The molecule has 0 aliphatic carbocycles. The molecule has 9 rings (SSSR count). The van der Waals surface area contributed by atoms with E-state index in [0.29, 0.717) is 49.1 Å². The minimum atomic E-state index is -4.64. The third-order valence-corrected chi connectivity index (χ3v) is 11.1. The number of nitrogens with zero attached hydrogens (tertiary/aromatic N) is 3. The molecule has 0 aliphatic heterocycles. The van der Waals surface area contributed by atoms with Crippen molar-refractivity contribution in [1.29, 1.82) is 0 Å². The Balaban J connectivity index is 1.46. The van der Waals surface area contributed by atoms with Crippen LogP contribution in [0.1, 0.15) is 25.6 Å². The van der Waals surface area contributed by atoms with E-state index in [1.165, 1.54) is 0 Å². The van der Waals surface area contributed by atoms with Crippen LogP contribution < -0.4 is 0 Å². The van der Waals surface area contributed by atoms with E-state index in [1.54, 1.807) is 60.8 Å². The van der Waals surface area contributed by atoms with Gasteiger partial charge in [-0.3, -0.25) is 4.98 Å².